The Hall–Kier alpha value is -1.18. The van der Waals surface area contributed by atoms with Crippen molar-refractivity contribution in [1.82, 2.24) is 10.2 Å². The van der Waals surface area contributed by atoms with Crippen LogP contribution < -0.4 is 5.32 Å². The molecule has 2 saturated heterocycles. The summed E-state index contributed by atoms with van der Waals surface area (Å²) in [6.45, 7) is 5.33. The molecule has 3 N–H and O–H groups in total. The molecule has 2 rings (SSSR count). The van der Waals surface area contributed by atoms with Crippen molar-refractivity contribution in [2.24, 2.45) is 5.41 Å². The standard InChI is InChI=1S/C12H22N2O3.CH2O2/c1-11(8-17-9-11)7-13-10(15)12(16)3-5-14(2)6-4-12;2-1-3/h16H,3-9H2,1-2H3,(H,13,15);1H,(H,2,3). The first-order chi connectivity index (χ1) is 9.35. The number of aliphatic hydroxyl groups is 1. The Morgan fingerprint density at radius 1 is 1.40 bits per heavy atom. The quantitative estimate of drug-likeness (QED) is 0.594. The highest BCUT2D eigenvalue weighted by Gasteiger charge is 2.40. The van der Waals surface area contributed by atoms with Gasteiger partial charge in [-0.2, -0.15) is 0 Å². The number of carbonyl (C=O) groups excluding carboxylic acids is 1. The number of amides is 1. The van der Waals surface area contributed by atoms with Crippen molar-refractivity contribution in [3.05, 3.63) is 0 Å². The van der Waals surface area contributed by atoms with Crippen molar-refractivity contribution in [3.8, 4) is 0 Å². The molecule has 116 valence electrons. The molecule has 20 heavy (non-hydrogen) atoms. The van der Waals surface area contributed by atoms with Gasteiger partial charge in [0.25, 0.3) is 12.4 Å². The number of hydrogen-bond acceptors (Lipinski definition) is 5. The summed E-state index contributed by atoms with van der Waals surface area (Å²) in [6, 6.07) is 0. The second-order valence-electron chi connectivity index (χ2n) is 5.93. The molecular formula is C13H24N2O5. The summed E-state index contributed by atoms with van der Waals surface area (Å²) >= 11 is 0. The van der Waals surface area contributed by atoms with Gasteiger partial charge in [0.05, 0.1) is 13.2 Å². The van der Waals surface area contributed by atoms with Gasteiger partial charge in [0.2, 0.25) is 0 Å². The minimum Gasteiger partial charge on any atom is -0.483 e. The number of likely N-dealkylation sites (tertiary alicyclic amines) is 1. The predicted molar refractivity (Wildman–Crippen MR) is 72.3 cm³/mol. The normalized spacial score (nSPS) is 23.8. The Morgan fingerprint density at radius 2 is 1.90 bits per heavy atom. The summed E-state index contributed by atoms with van der Waals surface area (Å²) in [7, 11) is 2.00. The zero-order chi connectivity index (χ0) is 15.2. The Labute approximate surface area is 118 Å². The topological polar surface area (TPSA) is 99.1 Å². The number of carbonyl (C=O) groups is 2. The second kappa shape index (κ2) is 7.01. The number of nitrogens with zero attached hydrogens (tertiary/aromatic N) is 1. The molecule has 0 unspecified atom stereocenters. The fraction of sp³-hybridized carbons (Fsp3) is 0.846. The van der Waals surface area contributed by atoms with Crippen LogP contribution in [0.2, 0.25) is 0 Å². The molecule has 0 bridgehead atoms. The molecule has 0 aromatic rings. The van der Waals surface area contributed by atoms with Gasteiger partial charge in [-0.15, -0.1) is 0 Å². The highest BCUT2D eigenvalue weighted by molar-refractivity contribution is 5.85. The molecule has 2 aliphatic heterocycles. The lowest BCUT2D eigenvalue weighted by Gasteiger charge is -2.40. The summed E-state index contributed by atoms with van der Waals surface area (Å²) in [5, 5.41) is 20.0. The maximum atomic E-state index is 12.0. The van der Waals surface area contributed by atoms with E-state index in [2.05, 4.69) is 17.1 Å². The van der Waals surface area contributed by atoms with Crippen LogP contribution in [-0.4, -0.2) is 73.0 Å². The third-order valence-electron chi connectivity index (χ3n) is 3.81. The lowest BCUT2D eigenvalue weighted by atomic mass is 9.87. The average Bonchev–Trinajstić information content (AvgIpc) is 2.38. The molecule has 2 heterocycles. The number of rotatable bonds is 3. The highest BCUT2D eigenvalue weighted by atomic mass is 16.5. The van der Waals surface area contributed by atoms with Gasteiger partial charge < -0.3 is 25.2 Å². The summed E-state index contributed by atoms with van der Waals surface area (Å²) in [6.07, 6.45) is 1.03. The molecule has 2 aliphatic rings. The Balaban J connectivity index is 0.000000612. The molecule has 0 aliphatic carbocycles. The fourth-order valence-corrected chi connectivity index (χ4v) is 2.23. The smallest absolute Gasteiger partial charge is 0.290 e. The maximum absolute atomic E-state index is 12.0. The molecule has 0 radical (unpaired) electrons. The van der Waals surface area contributed by atoms with Gasteiger partial charge in [0.1, 0.15) is 5.60 Å². The molecule has 0 atom stereocenters. The highest BCUT2D eigenvalue weighted by Crippen LogP contribution is 2.26. The predicted octanol–water partition coefficient (Wildman–Crippen LogP) is -0.703. The number of piperidine rings is 1. The van der Waals surface area contributed by atoms with Gasteiger partial charge in [-0.05, 0) is 19.9 Å². The minimum absolute atomic E-state index is 0.0531. The van der Waals surface area contributed by atoms with Crippen LogP contribution in [0.5, 0.6) is 0 Å². The molecular weight excluding hydrogens is 264 g/mol. The van der Waals surface area contributed by atoms with Crippen LogP contribution in [0, 0.1) is 5.41 Å². The SMILES string of the molecule is CN1CCC(O)(C(=O)NCC2(C)COC2)CC1.O=CO. The van der Waals surface area contributed by atoms with E-state index in [1.807, 2.05) is 7.05 Å². The van der Waals surface area contributed by atoms with E-state index in [-0.39, 0.29) is 17.8 Å². The summed E-state index contributed by atoms with van der Waals surface area (Å²) < 4.78 is 5.13. The van der Waals surface area contributed by atoms with Crippen molar-refractivity contribution in [3.63, 3.8) is 0 Å². The molecule has 0 aromatic carbocycles. The Kier molecular flexibility index (Phi) is 5.91. The van der Waals surface area contributed by atoms with Crippen molar-refractivity contribution in [2.45, 2.75) is 25.4 Å². The monoisotopic (exact) mass is 288 g/mol. The minimum atomic E-state index is -1.17. The molecule has 2 fully saturated rings. The van der Waals surface area contributed by atoms with E-state index in [1.54, 1.807) is 0 Å². The molecule has 0 spiro atoms. The van der Waals surface area contributed by atoms with E-state index in [9.17, 15) is 9.90 Å². The Bertz CT molecular complexity index is 336. The molecule has 7 heteroatoms. The van der Waals surface area contributed by atoms with Crippen LogP contribution >= 0.6 is 0 Å². The van der Waals surface area contributed by atoms with Crippen LogP contribution in [-0.2, 0) is 14.3 Å². The number of carboxylic acid groups (broad SMARTS) is 1. The third-order valence-corrected chi connectivity index (χ3v) is 3.81. The number of nitrogens with one attached hydrogen (secondary N) is 1. The van der Waals surface area contributed by atoms with E-state index in [1.165, 1.54) is 0 Å². The van der Waals surface area contributed by atoms with Crippen LogP contribution in [0.25, 0.3) is 0 Å². The Morgan fingerprint density at radius 3 is 2.30 bits per heavy atom. The first-order valence-corrected chi connectivity index (χ1v) is 6.70. The van der Waals surface area contributed by atoms with Gasteiger partial charge in [-0.3, -0.25) is 9.59 Å². The van der Waals surface area contributed by atoms with Crippen LogP contribution in [0.4, 0.5) is 0 Å². The van der Waals surface area contributed by atoms with Crippen LogP contribution in [0.1, 0.15) is 19.8 Å². The summed E-state index contributed by atoms with van der Waals surface area (Å²) in [5.41, 5.74) is -1.12. The fourth-order valence-electron chi connectivity index (χ4n) is 2.23. The zero-order valence-electron chi connectivity index (χ0n) is 12.1. The average molecular weight is 288 g/mol. The van der Waals surface area contributed by atoms with Gasteiger partial charge in [-0.1, -0.05) is 6.92 Å². The first-order valence-electron chi connectivity index (χ1n) is 6.70. The van der Waals surface area contributed by atoms with Crippen LogP contribution in [0.3, 0.4) is 0 Å². The summed E-state index contributed by atoms with van der Waals surface area (Å²) in [4.78, 5) is 22.5. The maximum Gasteiger partial charge on any atom is 0.290 e. The molecule has 1 amide bonds. The van der Waals surface area contributed by atoms with E-state index >= 15 is 0 Å². The van der Waals surface area contributed by atoms with Crippen LogP contribution in [0.15, 0.2) is 0 Å². The number of hydrogen-bond donors (Lipinski definition) is 3. The van der Waals surface area contributed by atoms with E-state index in [0.29, 0.717) is 32.6 Å². The van der Waals surface area contributed by atoms with E-state index in [0.717, 1.165) is 13.1 Å². The second-order valence-corrected chi connectivity index (χ2v) is 5.93. The van der Waals surface area contributed by atoms with E-state index in [4.69, 9.17) is 14.6 Å². The lowest BCUT2D eigenvalue weighted by Crippen LogP contribution is -2.56. The van der Waals surface area contributed by atoms with Gasteiger partial charge >= 0.3 is 0 Å². The molecule has 0 aromatic heterocycles. The third kappa shape index (κ3) is 4.43. The largest absolute Gasteiger partial charge is 0.483 e. The van der Waals surface area contributed by atoms with Crippen molar-refractivity contribution < 1.29 is 24.5 Å². The summed E-state index contributed by atoms with van der Waals surface area (Å²) in [5.74, 6) is -0.223. The first kappa shape index (κ1) is 16.9. The van der Waals surface area contributed by atoms with Crippen molar-refractivity contribution >= 4 is 12.4 Å². The number of ether oxygens (including phenoxy) is 1. The van der Waals surface area contributed by atoms with Gasteiger partial charge in [0.15, 0.2) is 0 Å². The lowest BCUT2D eigenvalue weighted by molar-refractivity contribution is -0.148. The van der Waals surface area contributed by atoms with Crippen molar-refractivity contribution in [1.29, 1.82) is 0 Å². The molecule has 7 nitrogen and oxygen atoms in total. The van der Waals surface area contributed by atoms with E-state index < -0.39 is 5.60 Å². The van der Waals surface area contributed by atoms with Crippen molar-refractivity contribution in [2.75, 3.05) is 39.9 Å². The zero-order valence-corrected chi connectivity index (χ0v) is 12.1. The van der Waals surface area contributed by atoms with Gasteiger partial charge in [-0.25, -0.2) is 0 Å². The van der Waals surface area contributed by atoms with Gasteiger partial charge in [0, 0.05) is 25.0 Å². The molecule has 0 saturated carbocycles.